The average molecular weight is 391 g/mol. The van der Waals surface area contributed by atoms with Crippen molar-refractivity contribution in [3.8, 4) is 0 Å². The molecule has 0 saturated heterocycles. The van der Waals surface area contributed by atoms with Crippen molar-refractivity contribution in [3.63, 3.8) is 0 Å². The number of rotatable bonds is 4. The van der Waals surface area contributed by atoms with Gasteiger partial charge in [0, 0.05) is 19.5 Å². The summed E-state index contributed by atoms with van der Waals surface area (Å²) in [7, 11) is 0. The molecule has 1 amide bonds. The number of halogens is 3. The van der Waals surface area contributed by atoms with Gasteiger partial charge in [-0.3, -0.25) is 9.59 Å². The molecule has 2 atom stereocenters. The molecule has 2 aromatic carbocycles. The number of alkyl halides is 3. The summed E-state index contributed by atoms with van der Waals surface area (Å²) in [4.78, 5) is 25.9. The molecule has 1 aliphatic heterocycles. The fourth-order valence-electron chi connectivity index (χ4n) is 3.52. The molecule has 148 valence electrons. The minimum Gasteiger partial charge on any atom is -0.481 e. The first-order valence-electron chi connectivity index (χ1n) is 8.92. The van der Waals surface area contributed by atoms with Crippen molar-refractivity contribution in [1.82, 2.24) is 4.90 Å². The highest BCUT2D eigenvalue weighted by atomic mass is 19.4. The maximum Gasteiger partial charge on any atom is 0.416 e. The number of amides is 1. The van der Waals surface area contributed by atoms with Gasteiger partial charge in [0.2, 0.25) is 5.91 Å². The van der Waals surface area contributed by atoms with Gasteiger partial charge in [-0.05, 0) is 34.7 Å². The molecule has 0 fully saturated rings. The van der Waals surface area contributed by atoms with Crippen LogP contribution in [0.1, 0.15) is 47.4 Å². The first kappa shape index (κ1) is 19.9. The summed E-state index contributed by atoms with van der Waals surface area (Å²) in [5.74, 6) is -2.26. The number of benzene rings is 2. The van der Waals surface area contributed by atoms with E-state index in [9.17, 15) is 27.9 Å². The molecule has 0 bridgehead atoms. The molecular weight excluding hydrogens is 371 g/mol. The Labute approximate surface area is 160 Å². The molecule has 1 aliphatic rings. The number of fused-ring (bicyclic) bond motifs is 1. The van der Waals surface area contributed by atoms with Gasteiger partial charge >= 0.3 is 12.1 Å². The van der Waals surface area contributed by atoms with Gasteiger partial charge in [-0.1, -0.05) is 43.3 Å². The first-order chi connectivity index (χ1) is 13.2. The zero-order valence-electron chi connectivity index (χ0n) is 15.2. The van der Waals surface area contributed by atoms with Gasteiger partial charge in [0.1, 0.15) is 0 Å². The van der Waals surface area contributed by atoms with E-state index < -0.39 is 23.6 Å². The lowest BCUT2D eigenvalue weighted by atomic mass is 9.89. The Balaban J connectivity index is 1.71. The van der Waals surface area contributed by atoms with Crippen LogP contribution in [0.2, 0.25) is 0 Å². The summed E-state index contributed by atoms with van der Waals surface area (Å²) < 4.78 is 38.1. The van der Waals surface area contributed by atoms with E-state index in [1.165, 1.54) is 17.0 Å². The first-order valence-corrected chi connectivity index (χ1v) is 8.92. The Bertz CT molecular complexity index is 877. The van der Waals surface area contributed by atoms with Crippen LogP contribution in [0, 0.1) is 0 Å². The number of carboxylic acids is 1. The summed E-state index contributed by atoms with van der Waals surface area (Å²) in [6.45, 7) is 2.19. The Morgan fingerprint density at radius 2 is 1.79 bits per heavy atom. The van der Waals surface area contributed by atoms with E-state index >= 15 is 0 Å². The molecule has 0 spiro atoms. The number of carbonyl (C=O) groups excluding carboxylic acids is 1. The molecular formula is C21H20F3NO3. The minimum absolute atomic E-state index is 0.0882. The molecule has 0 aliphatic carbocycles. The van der Waals surface area contributed by atoms with Crippen molar-refractivity contribution in [3.05, 3.63) is 70.8 Å². The van der Waals surface area contributed by atoms with Crippen molar-refractivity contribution >= 4 is 11.9 Å². The Morgan fingerprint density at radius 3 is 2.39 bits per heavy atom. The number of aliphatic carboxylic acids is 1. The molecule has 1 N–H and O–H groups in total. The number of nitrogens with zero attached hydrogens (tertiary/aromatic N) is 1. The lowest BCUT2D eigenvalue weighted by molar-refractivity contribution is -0.141. The molecule has 0 saturated carbocycles. The Kier molecular flexibility index (Phi) is 5.45. The van der Waals surface area contributed by atoms with E-state index in [2.05, 4.69) is 0 Å². The smallest absolute Gasteiger partial charge is 0.416 e. The standard InChI is InChI=1S/C21H20F3NO3/c1-13(14-6-8-16(9-7-14)21(22,23)24)10-19(26)25-11-15-4-2-3-5-17(15)18(12-25)20(27)28/h2-9,13,18H,10-12H2,1H3,(H,27,28). The maximum atomic E-state index is 12.7. The second-order valence-electron chi connectivity index (χ2n) is 7.09. The second kappa shape index (κ2) is 7.66. The fraction of sp³-hybridized carbons (Fsp3) is 0.333. The molecule has 0 radical (unpaired) electrons. The van der Waals surface area contributed by atoms with Gasteiger partial charge in [-0.15, -0.1) is 0 Å². The van der Waals surface area contributed by atoms with Crippen molar-refractivity contribution < 1.29 is 27.9 Å². The van der Waals surface area contributed by atoms with Crippen LogP contribution in [0.3, 0.4) is 0 Å². The molecule has 3 rings (SSSR count). The fourth-order valence-corrected chi connectivity index (χ4v) is 3.52. The van der Waals surface area contributed by atoms with Crippen LogP contribution in [-0.4, -0.2) is 28.4 Å². The zero-order chi connectivity index (χ0) is 20.5. The van der Waals surface area contributed by atoms with Crippen molar-refractivity contribution in [2.45, 2.75) is 37.9 Å². The Morgan fingerprint density at radius 1 is 1.14 bits per heavy atom. The molecule has 2 unspecified atom stereocenters. The van der Waals surface area contributed by atoms with Crippen LogP contribution >= 0.6 is 0 Å². The van der Waals surface area contributed by atoms with Gasteiger partial charge in [-0.25, -0.2) is 0 Å². The SMILES string of the molecule is CC(CC(=O)N1Cc2ccccc2C(C(=O)O)C1)c1ccc(C(F)(F)F)cc1. The molecule has 1 heterocycles. The van der Waals surface area contributed by atoms with Gasteiger partial charge in [0.05, 0.1) is 11.5 Å². The number of carboxylic acid groups (broad SMARTS) is 1. The van der Waals surface area contributed by atoms with Crippen LogP contribution in [-0.2, 0) is 22.3 Å². The maximum absolute atomic E-state index is 12.7. The minimum atomic E-state index is -4.40. The van der Waals surface area contributed by atoms with E-state index in [0.29, 0.717) is 12.1 Å². The molecule has 7 heteroatoms. The molecule has 28 heavy (non-hydrogen) atoms. The van der Waals surface area contributed by atoms with Crippen molar-refractivity contribution in [2.75, 3.05) is 6.54 Å². The van der Waals surface area contributed by atoms with Gasteiger partial charge in [0.15, 0.2) is 0 Å². The summed E-state index contributed by atoms with van der Waals surface area (Å²) in [6, 6.07) is 11.9. The van der Waals surface area contributed by atoms with Crippen molar-refractivity contribution in [1.29, 1.82) is 0 Å². The summed E-state index contributed by atoms with van der Waals surface area (Å²) in [5.41, 5.74) is 1.42. The van der Waals surface area contributed by atoms with E-state index in [4.69, 9.17) is 0 Å². The van der Waals surface area contributed by atoms with Crippen LogP contribution in [0.15, 0.2) is 48.5 Å². The van der Waals surface area contributed by atoms with Crippen molar-refractivity contribution in [2.24, 2.45) is 0 Å². The number of hydrogen-bond donors (Lipinski definition) is 1. The molecule has 2 aromatic rings. The van der Waals surface area contributed by atoms with Crippen LogP contribution in [0.5, 0.6) is 0 Å². The largest absolute Gasteiger partial charge is 0.481 e. The van der Waals surface area contributed by atoms with Gasteiger partial charge in [-0.2, -0.15) is 13.2 Å². The van der Waals surface area contributed by atoms with Gasteiger partial charge in [0.25, 0.3) is 0 Å². The summed E-state index contributed by atoms with van der Waals surface area (Å²) in [6.07, 6.45) is -4.30. The van der Waals surface area contributed by atoms with Crippen LogP contribution < -0.4 is 0 Å². The predicted octanol–water partition coefficient (Wildman–Crippen LogP) is 4.41. The number of hydrogen-bond acceptors (Lipinski definition) is 2. The third-order valence-corrected chi connectivity index (χ3v) is 5.13. The average Bonchev–Trinajstić information content (AvgIpc) is 2.66. The van der Waals surface area contributed by atoms with E-state index in [1.807, 2.05) is 6.07 Å². The summed E-state index contributed by atoms with van der Waals surface area (Å²) in [5, 5.41) is 9.51. The van der Waals surface area contributed by atoms with Crippen LogP contribution in [0.25, 0.3) is 0 Å². The highest BCUT2D eigenvalue weighted by molar-refractivity contribution is 5.82. The van der Waals surface area contributed by atoms with Crippen LogP contribution in [0.4, 0.5) is 13.2 Å². The number of carbonyl (C=O) groups is 2. The normalized spacial score (nSPS) is 17.7. The van der Waals surface area contributed by atoms with E-state index in [1.54, 1.807) is 25.1 Å². The lowest BCUT2D eigenvalue weighted by Crippen LogP contribution is -2.40. The molecule has 4 nitrogen and oxygen atoms in total. The van der Waals surface area contributed by atoms with E-state index in [-0.39, 0.29) is 24.8 Å². The topological polar surface area (TPSA) is 57.6 Å². The second-order valence-corrected chi connectivity index (χ2v) is 7.09. The summed E-state index contributed by atoms with van der Waals surface area (Å²) >= 11 is 0. The molecule has 0 aromatic heterocycles. The monoisotopic (exact) mass is 391 g/mol. The van der Waals surface area contributed by atoms with E-state index in [0.717, 1.165) is 23.3 Å². The zero-order valence-corrected chi connectivity index (χ0v) is 15.2. The highest BCUT2D eigenvalue weighted by Gasteiger charge is 2.33. The third-order valence-electron chi connectivity index (χ3n) is 5.13. The Hall–Kier alpha value is -2.83. The quantitative estimate of drug-likeness (QED) is 0.840. The third kappa shape index (κ3) is 4.18. The highest BCUT2D eigenvalue weighted by Crippen LogP contribution is 2.32. The lowest BCUT2D eigenvalue weighted by Gasteiger charge is -2.33. The predicted molar refractivity (Wildman–Crippen MR) is 96.7 cm³/mol. The van der Waals surface area contributed by atoms with Gasteiger partial charge < -0.3 is 10.0 Å².